The summed E-state index contributed by atoms with van der Waals surface area (Å²) >= 11 is 0. The molecule has 1 rings (SSSR count). The Balaban J connectivity index is 2.55. The number of allylic oxidation sites excluding steroid dienone is 2. The molecular weight excluding hydrogens is 184 g/mol. The van der Waals surface area contributed by atoms with E-state index in [1.807, 2.05) is 0 Å². The molecule has 1 aliphatic rings. The summed E-state index contributed by atoms with van der Waals surface area (Å²) in [5.41, 5.74) is 1.71. The Hall–Kier alpha value is -1.58. The van der Waals surface area contributed by atoms with Crippen molar-refractivity contribution in [2.24, 2.45) is 0 Å². The first-order valence-electron chi connectivity index (χ1n) is 4.39. The summed E-state index contributed by atoms with van der Waals surface area (Å²) in [5.74, 6) is -1.68. The maximum absolute atomic E-state index is 10.4. The molecule has 4 heteroatoms. The third-order valence-corrected chi connectivity index (χ3v) is 2.08. The molecule has 0 amide bonds. The van der Waals surface area contributed by atoms with Crippen LogP contribution in [0.1, 0.15) is 25.7 Å². The van der Waals surface area contributed by atoms with Crippen molar-refractivity contribution >= 4 is 11.9 Å². The molecule has 4 nitrogen and oxygen atoms in total. The van der Waals surface area contributed by atoms with E-state index >= 15 is 0 Å². The Kier molecular flexibility index (Phi) is 3.45. The van der Waals surface area contributed by atoms with Crippen LogP contribution in [0.3, 0.4) is 0 Å². The van der Waals surface area contributed by atoms with Crippen molar-refractivity contribution in [3.8, 4) is 0 Å². The molecule has 2 N–H and O–H groups in total. The van der Waals surface area contributed by atoms with Crippen molar-refractivity contribution < 1.29 is 19.8 Å². The van der Waals surface area contributed by atoms with Crippen LogP contribution in [0.2, 0.25) is 0 Å². The van der Waals surface area contributed by atoms with Gasteiger partial charge < -0.3 is 10.2 Å². The minimum absolute atomic E-state index is 0.0524. The van der Waals surface area contributed by atoms with Crippen LogP contribution in [0, 0.1) is 0 Å². The molecular formula is C10H12O4. The van der Waals surface area contributed by atoms with Crippen molar-refractivity contribution in [1.29, 1.82) is 0 Å². The van der Waals surface area contributed by atoms with Crippen molar-refractivity contribution in [3.63, 3.8) is 0 Å². The summed E-state index contributed by atoms with van der Waals surface area (Å²) in [6, 6.07) is 0. The van der Waals surface area contributed by atoms with Gasteiger partial charge >= 0.3 is 11.9 Å². The minimum Gasteiger partial charge on any atom is -0.481 e. The van der Waals surface area contributed by atoms with Gasteiger partial charge in [0, 0.05) is 0 Å². The van der Waals surface area contributed by atoms with E-state index in [0.717, 1.165) is 11.1 Å². The standard InChI is InChI=1S/C10H12O4/c11-9(12)5-7-1-2-8(4-3-7)6-10(13)14/h1-2H,3-6H2,(H,11,12)(H,13,14). The van der Waals surface area contributed by atoms with E-state index in [1.165, 1.54) is 0 Å². The van der Waals surface area contributed by atoms with Crippen molar-refractivity contribution in [2.45, 2.75) is 25.7 Å². The Bertz CT molecular complexity index is 280. The lowest BCUT2D eigenvalue weighted by molar-refractivity contribution is -0.137. The number of rotatable bonds is 4. The summed E-state index contributed by atoms with van der Waals surface area (Å²) < 4.78 is 0. The maximum atomic E-state index is 10.4. The SMILES string of the molecule is O=C(O)CC1=CC=C(CC(=O)O)CC1. The van der Waals surface area contributed by atoms with E-state index in [0.29, 0.717) is 12.8 Å². The van der Waals surface area contributed by atoms with Crippen LogP contribution in [0.25, 0.3) is 0 Å². The van der Waals surface area contributed by atoms with E-state index in [2.05, 4.69) is 0 Å². The molecule has 0 fully saturated rings. The van der Waals surface area contributed by atoms with Crippen molar-refractivity contribution in [3.05, 3.63) is 23.3 Å². The third-order valence-electron chi connectivity index (χ3n) is 2.08. The summed E-state index contributed by atoms with van der Waals surface area (Å²) in [6.45, 7) is 0. The van der Waals surface area contributed by atoms with Gasteiger partial charge in [-0.15, -0.1) is 0 Å². The zero-order valence-corrected chi connectivity index (χ0v) is 7.69. The van der Waals surface area contributed by atoms with Gasteiger partial charge in [0.25, 0.3) is 0 Å². The molecule has 0 aromatic heterocycles. The lowest BCUT2D eigenvalue weighted by Crippen LogP contribution is -2.03. The van der Waals surface area contributed by atoms with Crippen molar-refractivity contribution in [2.75, 3.05) is 0 Å². The van der Waals surface area contributed by atoms with E-state index in [-0.39, 0.29) is 12.8 Å². The Morgan fingerprint density at radius 3 is 1.57 bits per heavy atom. The zero-order valence-electron chi connectivity index (χ0n) is 7.69. The first-order valence-corrected chi connectivity index (χ1v) is 4.39. The summed E-state index contributed by atoms with van der Waals surface area (Å²) in [7, 11) is 0. The van der Waals surface area contributed by atoms with Crippen LogP contribution in [0.15, 0.2) is 23.3 Å². The molecule has 0 saturated heterocycles. The Morgan fingerprint density at radius 1 is 1.00 bits per heavy atom. The molecule has 0 aliphatic heterocycles. The predicted molar refractivity (Wildman–Crippen MR) is 49.9 cm³/mol. The van der Waals surface area contributed by atoms with Gasteiger partial charge in [-0.1, -0.05) is 23.3 Å². The average molecular weight is 196 g/mol. The summed E-state index contributed by atoms with van der Waals surface area (Å²) in [4.78, 5) is 20.7. The minimum atomic E-state index is -0.841. The molecule has 14 heavy (non-hydrogen) atoms. The molecule has 0 unspecified atom stereocenters. The smallest absolute Gasteiger partial charge is 0.307 e. The van der Waals surface area contributed by atoms with Crippen molar-refractivity contribution in [1.82, 2.24) is 0 Å². The predicted octanol–water partition coefficient (Wildman–Crippen LogP) is 1.58. The summed E-state index contributed by atoms with van der Waals surface area (Å²) in [6.07, 6.45) is 4.86. The molecule has 0 aromatic rings. The number of carbonyl (C=O) groups is 2. The van der Waals surface area contributed by atoms with E-state index in [4.69, 9.17) is 10.2 Å². The van der Waals surface area contributed by atoms with Gasteiger partial charge in [0.1, 0.15) is 0 Å². The molecule has 0 heterocycles. The van der Waals surface area contributed by atoms with Crippen LogP contribution < -0.4 is 0 Å². The number of carboxylic acids is 2. The van der Waals surface area contributed by atoms with Crippen LogP contribution in [-0.2, 0) is 9.59 Å². The van der Waals surface area contributed by atoms with Crippen LogP contribution in [0.5, 0.6) is 0 Å². The molecule has 76 valence electrons. The zero-order chi connectivity index (χ0) is 10.6. The molecule has 1 aliphatic carbocycles. The van der Waals surface area contributed by atoms with E-state index < -0.39 is 11.9 Å². The first kappa shape index (κ1) is 10.5. The topological polar surface area (TPSA) is 74.6 Å². The summed E-state index contributed by atoms with van der Waals surface area (Å²) in [5, 5.41) is 17.0. The highest BCUT2D eigenvalue weighted by molar-refractivity contribution is 5.71. The lowest BCUT2D eigenvalue weighted by atomic mass is 9.95. The van der Waals surface area contributed by atoms with Gasteiger partial charge in [-0.3, -0.25) is 9.59 Å². The largest absolute Gasteiger partial charge is 0.481 e. The third kappa shape index (κ3) is 3.43. The normalized spacial score (nSPS) is 15.7. The first-order chi connectivity index (χ1) is 6.58. The molecule has 0 atom stereocenters. The molecule has 0 aromatic carbocycles. The highest BCUT2D eigenvalue weighted by Crippen LogP contribution is 2.22. The fourth-order valence-electron chi connectivity index (χ4n) is 1.41. The second-order valence-corrected chi connectivity index (χ2v) is 3.29. The van der Waals surface area contributed by atoms with E-state index in [1.54, 1.807) is 12.2 Å². The second kappa shape index (κ2) is 4.60. The lowest BCUT2D eigenvalue weighted by Gasteiger charge is -2.11. The van der Waals surface area contributed by atoms with Gasteiger partial charge in [0.15, 0.2) is 0 Å². The number of carboxylic acid groups (broad SMARTS) is 2. The monoisotopic (exact) mass is 196 g/mol. The van der Waals surface area contributed by atoms with Crippen LogP contribution >= 0.6 is 0 Å². The van der Waals surface area contributed by atoms with E-state index in [9.17, 15) is 9.59 Å². The fraction of sp³-hybridized carbons (Fsp3) is 0.400. The quantitative estimate of drug-likeness (QED) is 0.715. The number of aliphatic carboxylic acids is 2. The Labute approximate surface area is 81.6 Å². The van der Waals surface area contributed by atoms with Gasteiger partial charge in [-0.25, -0.2) is 0 Å². The van der Waals surface area contributed by atoms with Crippen LogP contribution in [0.4, 0.5) is 0 Å². The highest BCUT2D eigenvalue weighted by Gasteiger charge is 2.11. The number of hydrogen-bond donors (Lipinski definition) is 2. The van der Waals surface area contributed by atoms with Gasteiger partial charge in [-0.05, 0) is 12.8 Å². The maximum Gasteiger partial charge on any atom is 0.307 e. The van der Waals surface area contributed by atoms with Gasteiger partial charge in [0.05, 0.1) is 12.8 Å². The van der Waals surface area contributed by atoms with Gasteiger partial charge in [-0.2, -0.15) is 0 Å². The Morgan fingerprint density at radius 2 is 1.36 bits per heavy atom. The van der Waals surface area contributed by atoms with Gasteiger partial charge in [0.2, 0.25) is 0 Å². The number of hydrogen-bond acceptors (Lipinski definition) is 2. The molecule has 0 bridgehead atoms. The average Bonchev–Trinajstić information content (AvgIpc) is 2.06. The highest BCUT2D eigenvalue weighted by atomic mass is 16.4. The fourth-order valence-corrected chi connectivity index (χ4v) is 1.41. The molecule has 0 radical (unpaired) electrons. The van der Waals surface area contributed by atoms with Crippen LogP contribution in [-0.4, -0.2) is 22.2 Å². The second-order valence-electron chi connectivity index (χ2n) is 3.29. The molecule has 0 spiro atoms. The molecule has 0 saturated carbocycles.